The quantitative estimate of drug-likeness (QED) is 0.780. The van der Waals surface area contributed by atoms with Crippen LogP contribution in [0, 0.1) is 11.7 Å². The highest BCUT2D eigenvalue weighted by Gasteiger charge is 2.39. The van der Waals surface area contributed by atoms with Crippen molar-refractivity contribution < 1.29 is 17.6 Å². The third-order valence-electron chi connectivity index (χ3n) is 3.20. The summed E-state index contributed by atoms with van der Waals surface area (Å²) in [6.07, 6.45) is -3.20. The maximum Gasteiger partial charge on any atom is 0.407 e. The number of benzene rings is 1. The Bertz CT molecular complexity index is 661. The number of aromatic nitrogens is 1. The van der Waals surface area contributed by atoms with Gasteiger partial charge in [0.1, 0.15) is 11.9 Å². The van der Waals surface area contributed by atoms with E-state index in [0.29, 0.717) is 12.1 Å². The number of nitrogens with zero attached hydrogens (tertiary/aromatic N) is 1. The second-order valence-corrected chi connectivity index (χ2v) is 6.29. The van der Waals surface area contributed by atoms with Crippen LogP contribution in [-0.2, 0) is 6.54 Å². The van der Waals surface area contributed by atoms with E-state index in [2.05, 4.69) is 15.9 Å². The van der Waals surface area contributed by atoms with Crippen molar-refractivity contribution in [3.8, 4) is 0 Å². The van der Waals surface area contributed by atoms with Crippen molar-refractivity contribution in [2.24, 2.45) is 11.7 Å². The van der Waals surface area contributed by atoms with E-state index in [1.165, 1.54) is 12.3 Å². The fraction of sp³-hybridized carbons (Fsp3) is 0.429. The largest absolute Gasteiger partial charge is 0.407 e. The van der Waals surface area contributed by atoms with Crippen LogP contribution in [0.2, 0.25) is 0 Å². The predicted octanol–water partition coefficient (Wildman–Crippen LogP) is 4.76. The monoisotopic (exact) mass is 366 g/mol. The Morgan fingerprint density at radius 3 is 2.43 bits per heavy atom. The normalized spacial score (nSPS) is 14.1. The molecule has 0 aliphatic carbocycles. The highest BCUT2D eigenvalue weighted by molar-refractivity contribution is 9.10. The summed E-state index contributed by atoms with van der Waals surface area (Å²) >= 11 is 3.06. The second kappa shape index (κ2) is 5.61. The Balaban J connectivity index is 2.68. The van der Waals surface area contributed by atoms with Gasteiger partial charge in [0.25, 0.3) is 0 Å². The Hall–Kier alpha value is -1.08. The van der Waals surface area contributed by atoms with Crippen LogP contribution in [0.5, 0.6) is 0 Å². The number of nitrogens with two attached hydrogens (primary N) is 1. The van der Waals surface area contributed by atoms with E-state index >= 15 is 0 Å². The van der Waals surface area contributed by atoms with Gasteiger partial charge in [0.05, 0.1) is 4.47 Å². The molecule has 1 aromatic heterocycles. The maximum absolute atomic E-state index is 13.7. The molecule has 0 saturated heterocycles. The van der Waals surface area contributed by atoms with E-state index in [1.807, 2.05) is 13.8 Å². The van der Waals surface area contributed by atoms with E-state index in [1.54, 1.807) is 4.57 Å². The molecule has 2 rings (SSSR count). The van der Waals surface area contributed by atoms with E-state index in [-0.39, 0.29) is 21.3 Å². The lowest BCUT2D eigenvalue weighted by Gasteiger charge is -2.14. The summed E-state index contributed by atoms with van der Waals surface area (Å²) in [5.41, 5.74) is 5.72. The SMILES string of the molecule is CC(C)Cn1cc([C@H](N)C(F)(F)F)c2cc(F)c(Br)cc21. The summed E-state index contributed by atoms with van der Waals surface area (Å²) in [4.78, 5) is 0. The summed E-state index contributed by atoms with van der Waals surface area (Å²) in [6, 6.07) is 0.450. The van der Waals surface area contributed by atoms with Gasteiger partial charge in [0.15, 0.2) is 0 Å². The van der Waals surface area contributed by atoms with E-state index in [0.717, 1.165) is 6.07 Å². The van der Waals surface area contributed by atoms with Gasteiger partial charge in [-0.1, -0.05) is 13.8 Å². The molecule has 1 heterocycles. The van der Waals surface area contributed by atoms with Crippen LogP contribution in [-0.4, -0.2) is 10.7 Å². The van der Waals surface area contributed by atoms with Gasteiger partial charge in [-0.05, 0) is 34.0 Å². The number of halogens is 5. The smallest absolute Gasteiger partial charge is 0.347 e. The maximum atomic E-state index is 13.7. The van der Waals surface area contributed by atoms with Crippen LogP contribution in [0.25, 0.3) is 10.9 Å². The van der Waals surface area contributed by atoms with Crippen LogP contribution >= 0.6 is 15.9 Å². The predicted molar refractivity (Wildman–Crippen MR) is 77.4 cm³/mol. The number of rotatable bonds is 3. The molecule has 0 bridgehead atoms. The van der Waals surface area contributed by atoms with Gasteiger partial charge in [0.2, 0.25) is 0 Å². The first-order valence-corrected chi connectivity index (χ1v) is 7.20. The first kappa shape index (κ1) is 16.3. The summed E-state index contributed by atoms with van der Waals surface area (Å²) in [6.45, 7) is 4.43. The van der Waals surface area contributed by atoms with Crippen molar-refractivity contribution in [2.45, 2.75) is 32.6 Å². The fourth-order valence-corrected chi connectivity index (χ4v) is 2.61. The minimum atomic E-state index is -4.57. The molecule has 7 heteroatoms. The van der Waals surface area contributed by atoms with E-state index in [9.17, 15) is 17.6 Å². The highest BCUT2D eigenvalue weighted by Crippen LogP contribution is 2.37. The molecule has 1 aromatic carbocycles. The molecule has 1 atom stereocenters. The lowest BCUT2D eigenvalue weighted by molar-refractivity contribution is -0.148. The van der Waals surface area contributed by atoms with Gasteiger partial charge >= 0.3 is 6.18 Å². The molecule has 0 radical (unpaired) electrons. The molecule has 0 unspecified atom stereocenters. The van der Waals surface area contributed by atoms with Gasteiger partial charge in [-0.3, -0.25) is 0 Å². The van der Waals surface area contributed by atoms with Gasteiger partial charge in [0, 0.05) is 29.2 Å². The van der Waals surface area contributed by atoms with Crippen molar-refractivity contribution in [1.82, 2.24) is 4.57 Å². The summed E-state index contributed by atoms with van der Waals surface area (Å²) in [7, 11) is 0. The molecule has 0 spiro atoms. The average molecular weight is 367 g/mol. The van der Waals surface area contributed by atoms with Gasteiger partial charge in [-0.25, -0.2) is 4.39 Å². The van der Waals surface area contributed by atoms with Crippen molar-refractivity contribution in [3.05, 3.63) is 34.2 Å². The lowest BCUT2D eigenvalue weighted by atomic mass is 10.1. The van der Waals surface area contributed by atoms with Crippen LogP contribution in [0.3, 0.4) is 0 Å². The van der Waals surface area contributed by atoms with Gasteiger partial charge < -0.3 is 10.3 Å². The Kier molecular flexibility index (Phi) is 4.35. The van der Waals surface area contributed by atoms with Gasteiger partial charge in [-0.2, -0.15) is 13.2 Å². The van der Waals surface area contributed by atoms with Crippen molar-refractivity contribution in [2.75, 3.05) is 0 Å². The number of alkyl halides is 3. The summed E-state index contributed by atoms with van der Waals surface area (Å²) in [5.74, 6) is -0.375. The van der Waals surface area contributed by atoms with E-state index < -0.39 is 18.0 Å². The number of hydrogen-bond acceptors (Lipinski definition) is 1. The number of hydrogen-bond donors (Lipinski definition) is 1. The average Bonchev–Trinajstić information content (AvgIpc) is 2.65. The van der Waals surface area contributed by atoms with Crippen LogP contribution in [0.4, 0.5) is 17.6 Å². The first-order chi connectivity index (χ1) is 9.61. The Morgan fingerprint density at radius 1 is 1.29 bits per heavy atom. The van der Waals surface area contributed by atoms with Crippen molar-refractivity contribution >= 4 is 26.8 Å². The molecule has 116 valence electrons. The molecule has 2 N–H and O–H groups in total. The third-order valence-corrected chi connectivity index (χ3v) is 3.81. The van der Waals surface area contributed by atoms with Gasteiger partial charge in [-0.15, -0.1) is 0 Å². The summed E-state index contributed by atoms with van der Waals surface area (Å²) in [5, 5.41) is 0.196. The van der Waals surface area contributed by atoms with Crippen LogP contribution < -0.4 is 5.73 Å². The molecular weight excluding hydrogens is 352 g/mol. The molecule has 2 aromatic rings. The number of fused-ring (bicyclic) bond motifs is 1. The second-order valence-electron chi connectivity index (χ2n) is 5.43. The Labute approximate surface area is 128 Å². The lowest BCUT2D eigenvalue weighted by Crippen LogP contribution is -2.28. The van der Waals surface area contributed by atoms with Crippen LogP contribution in [0.15, 0.2) is 22.8 Å². The topological polar surface area (TPSA) is 30.9 Å². The molecule has 0 saturated carbocycles. The van der Waals surface area contributed by atoms with Crippen LogP contribution in [0.1, 0.15) is 25.5 Å². The zero-order valence-corrected chi connectivity index (χ0v) is 13.1. The minimum Gasteiger partial charge on any atom is -0.347 e. The molecule has 0 aliphatic heterocycles. The molecule has 2 nitrogen and oxygen atoms in total. The zero-order chi connectivity index (χ0) is 15.9. The highest BCUT2D eigenvalue weighted by atomic mass is 79.9. The molecule has 0 amide bonds. The Morgan fingerprint density at radius 2 is 1.90 bits per heavy atom. The third kappa shape index (κ3) is 3.23. The fourth-order valence-electron chi connectivity index (χ4n) is 2.28. The molecular formula is C14H15BrF4N2. The minimum absolute atomic E-state index is 0.107. The molecule has 21 heavy (non-hydrogen) atoms. The summed E-state index contributed by atoms with van der Waals surface area (Å²) < 4.78 is 54.2. The van der Waals surface area contributed by atoms with Crippen molar-refractivity contribution in [3.63, 3.8) is 0 Å². The standard InChI is InChI=1S/C14H15BrF4N2/c1-7(2)5-21-6-9(13(20)14(17,18)19)8-3-11(16)10(15)4-12(8)21/h3-4,6-7,13H,5,20H2,1-2H3/t13-/m0/s1. The zero-order valence-electron chi connectivity index (χ0n) is 11.5. The van der Waals surface area contributed by atoms with E-state index in [4.69, 9.17) is 5.73 Å². The molecule has 0 fully saturated rings. The first-order valence-electron chi connectivity index (χ1n) is 6.41. The van der Waals surface area contributed by atoms with Crippen molar-refractivity contribution in [1.29, 1.82) is 0 Å². The molecule has 0 aliphatic rings.